The first kappa shape index (κ1) is 10.9. The summed E-state index contributed by atoms with van der Waals surface area (Å²) in [7, 11) is 4.10. The van der Waals surface area contributed by atoms with Crippen LogP contribution in [0.4, 0.5) is 0 Å². The van der Waals surface area contributed by atoms with Crippen LogP contribution >= 0.6 is 0 Å². The van der Waals surface area contributed by atoms with E-state index in [1.165, 1.54) is 6.33 Å². The van der Waals surface area contributed by atoms with Crippen molar-refractivity contribution in [2.45, 2.75) is 13.0 Å². The minimum Gasteiger partial charge on any atom is -0.332 e. The van der Waals surface area contributed by atoms with Crippen LogP contribution in [0.25, 0.3) is 11.0 Å². The first-order valence-corrected chi connectivity index (χ1v) is 5.36. The summed E-state index contributed by atoms with van der Waals surface area (Å²) < 4.78 is 2.02. The second-order valence-corrected chi connectivity index (χ2v) is 4.13. The minimum absolute atomic E-state index is 0.0728. The molecule has 0 spiro atoms. The van der Waals surface area contributed by atoms with Gasteiger partial charge in [-0.25, -0.2) is 4.98 Å². The van der Waals surface area contributed by atoms with Crippen LogP contribution in [-0.4, -0.2) is 40.1 Å². The predicted molar refractivity (Wildman–Crippen MR) is 63.5 cm³/mol. The monoisotopic (exact) mass is 220 g/mol. The van der Waals surface area contributed by atoms with Gasteiger partial charge >= 0.3 is 0 Å². The van der Waals surface area contributed by atoms with Crippen LogP contribution in [0.2, 0.25) is 0 Å². The van der Waals surface area contributed by atoms with Crippen LogP contribution in [0.5, 0.6) is 0 Å². The Morgan fingerprint density at radius 3 is 3.06 bits per heavy atom. The lowest BCUT2D eigenvalue weighted by Crippen LogP contribution is -2.15. The third kappa shape index (κ3) is 2.14. The molecule has 5 heteroatoms. The van der Waals surface area contributed by atoms with Crippen molar-refractivity contribution >= 4 is 11.0 Å². The third-order valence-corrected chi connectivity index (χ3v) is 2.57. The molecule has 0 aromatic carbocycles. The van der Waals surface area contributed by atoms with E-state index >= 15 is 0 Å². The Bertz CT molecular complexity index is 526. The predicted octanol–water partition coefficient (Wildman–Crippen LogP) is 0.676. The van der Waals surface area contributed by atoms with Crippen molar-refractivity contribution in [3.8, 4) is 0 Å². The molecule has 0 aliphatic rings. The molecule has 0 unspecified atom stereocenters. The van der Waals surface area contributed by atoms with Gasteiger partial charge in [0.25, 0.3) is 5.56 Å². The summed E-state index contributed by atoms with van der Waals surface area (Å²) in [5.41, 5.74) is 0.693. The molecule has 0 atom stereocenters. The summed E-state index contributed by atoms with van der Waals surface area (Å²) in [5.74, 6) is 0. The topological polar surface area (TPSA) is 53.9 Å². The van der Waals surface area contributed by atoms with Gasteiger partial charge in [0.05, 0.1) is 11.7 Å². The number of aromatic nitrogens is 3. The maximum atomic E-state index is 11.5. The van der Waals surface area contributed by atoms with Crippen LogP contribution in [0.15, 0.2) is 23.4 Å². The van der Waals surface area contributed by atoms with E-state index in [1.54, 1.807) is 0 Å². The number of hydrogen-bond donors (Lipinski definition) is 1. The highest BCUT2D eigenvalue weighted by Gasteiger charge is 2.04. The molecule has 1 N–H and O–H groups in total. The molecule has 0 radical (unpaired) electrons. The van der Waals surface area contributed by atoms with Gasteiger partial charge < -0.3 is 14.5 Å². The molecule has 0 saturated carbocycles. The molecule has 86 valence electrons. The van der Waals surface area contributed by atoms with E-state index in [-0.39, 0.29) is 5.56 Å². The van der Waals surface area contributed by atoms with Crippen molar-refractivity contribution in [2.24, 2.45) is 0 Å². The van der Waals surface area contributed by atoms with Crippen molar-refractivity contribution in [1.82, 2.24) is 19.4 Å². The fourth-order valence-electron chi connectivity index (χ4n) is 1.75. The zero-order valence-corrected chi connectivity index (χ0v) is 9.60. The molecule has 2 heterocycles. The average molecular weight is 220 g/mol. The summed E-state index contributed by atoms with van der Waals surface area (Å²) >= 11 is 0. The van der Waals surface area contributed by atoms with Crippen molar-refractivity contribution in [3.63, 3.8) is 0 Å². The Hall–Kier alpha value is -1.62. The van der Waals surface area contributed by atoms with Crippen molar-refractivity contribution in [3.05, 3.63) is 28.9 Å². The number of nitrogens with zero attached hydrogens (tertiary/aromatic N) is 3. The quantitative estimate of drug-likeness (QED) is 0.824. The standard InChI is InChI=1S/C11H16N4O/c1-14(2)5-3-6-15-7-4-9-10(15)12-8-13-11(9)16/h4,7-8H,3,5-6H2,1-2H3,(H,12,13,16). The molecule has 0 amide bonds. The molecule has 2 aromatic heterocycles. The van der Waals surface area contributed by atoms with E-state index < -0.39 is 0 Å². The third-order valence-electron chi connectivity index (χ3n) is 2.57. The van der Waals surface area contributed by atoms with E-state index in [4.69, 9.17) is 0 Å². The van der Waals surface area contributed by atoms with Gasteiger partial charge in [-0.1, -0.05) is 0 Å². The fraction of sp³-hybridized carbons (Fsp3) is 0.455. The molecule has 0 bridgehead atoms. The molecule has 0 saturated heterocycles. The van der Waals surface area contributed by atoms with Crippen molar-refractivity contribution in [1.29, 1.82) is 0 Å². The zero-order valence-electron chi connectivity index (χ0n) is 9.60. The smallest absolute Gasteiger partial charge is 0.260 e. The average Bonchev–Trinajstić information content (AvgIpc) is 2.63. The molecular formula is C11H16N4O. The van der Waals surface area contributed by atoms with Crippen LogP contribution < -0.4 is 5.56 Å². The molecule has 2 aromatic rings. The van der Waals surface area contributed by atoms with Gasteiger partial charge in [0.15, 0.2) is 0 Å². The number of hydrogen-bond acceptors (Lipinski definition) is 3. The molecular weight excluding hydrogens is 204 g/mol. The number of aromatic amines is 1. The highest BCUT2D eigenvalue weighted by molar-refractivity contribution is 5.74. The Morgan fingerprint density at radius 2 is 2.31 bits per heavy atom. The molecule has 2 rings (SSSR count). The normalized spacial score (nSPS) is 11.4. The molecule has 0 aliphatic carbocycles. The summed E-state index contributed by atoms with van der Waals surface area (Å²) in [5, 5.41) is 0.660. The SMILES string of the molecule is CN(C)CCCn1ccc2c(=O)[nH]cnc21. The Balaban J connectivity index is 2.19. The number of fused-ring (bicyclic) bond motifs is 1. The summed E-state index contributed by atoms with van der Waals surface area (Å²) in [4.78, 5) is 20.4. The van der Waals surface area contributed by atoms with Gasteiger partial charge in [-0.15, -0.1) is 0 Å². The highest BCUT2D eigenvalue weighted by atomic mass is 16.1. The lowest BCUT2D eigenvalue weighted by molar-refractivity contribution is 0.387. The second kappa shape index (κ2) is 4.49. The maximum absolute atomic E-state index is 11.5. The largest absolute Gasteiger partial charge is 0.332 e. The Labute approximate surface area is 93.7 Å². The molecule has 0 aliphatic heterocycles. The number of nitrogens with one attached hydrogen (secondary N) is 1. The van der Waals surface area contributed by atoms with Gasteiger partial charge in [-0.2, -0.15) is 0 Å². The van der Waals surface area contributed by atoms with Gasteiger partial charge in [-0.3, -0.25) is 4.79 Å². The summed E-state index contributed by atoms with van der Waals surface area (Å²) in [6, 6.07) is 1.82. The van der Waals surface area contributed by atoms with E-state index in [2.05, 4.69) is 29.0 Å². The summed E-state index contributed by atoms with van der Waals surface area (Å²) in [6.07, 6.45) is 4.42. The van der Waals surface area contributed by atoms with E-state index in [0.29, 0.717) is 5.39 Å². The van der Waals surface area contributed by atoms with E-state index in [9.17, 15) is 4.79 Å². The van der Waals surface area contributed by atoms with Gasteiger partial charge in [0.1, 0.15) is 5.65 Å². The lowest BCUT2D eigenvalue weighted by atomic mass is 10.4. The molecule has 0 fully saturated rings. The minimum atomic E-state index is -0.0728. The van der Waals surface area contributed by atoms with Gasteiger partial charge in [-0.05, 0) is 33.1 Å². The molecule has 5 nitrogen and oxygen atoms in total. The first-order valence-electron chi connectivity index (χ1n) is 5.36. The van der Waals surface area contributed by atoms with Crippen LogP contribution in [0, 0.1) is 0 Å². The van der Waals surface area contributed by atoms with E-state index in [0.717, 1.165) is 25.2 Å². The van der Waals surface area contributed by atoms with Crippen LogP contribution in [0.1, 0.15) is 6.42 Å². The maximum Gasteiger partial charge on any atom is 0.260 e. The van der Waals surface area contributed by atoms with E-state index in [1.807, 2.05) is 16.8 Å². The van der Waals surface area contributed by atoms with Gasteiger partial charge in [0.2, 0.25) is 0 Å². The van der Waals surface area contributed by atoms with Gasteiger partial charge in [0, 0.05) is 12.7 Å². The van der Waals surface area contributed by atoms with Crippen LogP contribution in [0.3, 0.4) is 0 Å². The number of rotatable bonds is 4. The Kier molecular flexibility index (Phi) is 3.05. The second-order valence-electron chi connectivity index (χ2n) is 4.13. The fourth-order valence-corrected chi connectivity index (χ4v) is 1.75. The Morgan fingerprint density at radius 1 is 1.50 bits per heavy atom. The lowest BCUT2D eigenvalue weighted by Gasteiger charge is -2.09. The first-order chi connectivity index (χ1) is 7.68. The number of H-pyrrole nitrogens is 1. The molecule has 16 heavy (non-hydrogen) atoms. The highest BCUT2D eigenvalue weighted by Crippen LogP contribution is 2.08. The van der Waals surface area contributed by atoms with Crippen LogP contribution in [-0.2, 0) is 6.54 Å². The summed E-state index contributed by atoms with van der Waals surface area (Å²) in [6.45, 7) is 1.92. The van der Waals surface area contributed by atoms with Crippen molar-refractivity contribution in [2.75, 3.05) is 20.6 Å². The van der Waals surface area contributed by atoms with Crippen molar-refractivity contribution < 1.29 is 0 Å². The number of aryl methyl sites for hydroxylation is 1. The zero-order chi connectivity index (χ0) is 11.5.